The monoisotopic (exact) mass is 401 g/mol. The van der Waals surface area contributed by atoms with Crippen LogP contribution in [0, 0.1) is 6.92 Å². The van der Waals surface area contributed by atoms with Crippen molar-refractivity contribution >= 4 is 16.8 Å². The predicted molar refractivity (Wildman–Crippen MR) is 117 cm³/mol. The Bertz CT molecular complexity index is 1240. The lowest BCUT2D eigenvalue weighted by Crippen LogP contribution is -2.33. The maximum absolute atomic E-state index is 12.7. The van der Waals surface area contributed by atoms with Crippen LogP contribution in [0.3, 0.4) is 0 Å². The molecule has 0 saturated carbocycles. The van der Waals surface area contributed by atoms with E-state index in [1.165, 1.54) is 0 Å². The average Bonchev–Trinajstić information content (AvgIpc) is 3.18. The maximum atomic E-state index is 12.7. The summed E-state index contributed by atoms with van der Waals surface area (Å²) in [7, 11) is 1.63. The van der Waals surface area contributed by atoms with Crippen molar-refractivity contribution in [2.45, 2.75) is 12.8 Å². The molecule has 0 radical (unpaired) electrons. The van der Waals surface area contributed by atoms with Crippen LogP contribution in [0.4, 0.5) is 0 Å². The van der Waals surface area contributed by atoms with Gasteiger partial charge < -0.3 is 20.0 Å². The molecule has 2 aromatic carbocycles. The van der Waals surface area contributed by atoms with E-state index < -0.39 is 5.91 Å². The van der Waals surface area contributed by atoms with Crippen LogP contribution in [0.1, 0.15) is 33.1 Å². The Labute approximate surface area is 173 Å². The summed E-state index contributed by atoms with van der Waals surface area (Å²) in [6.07, 6.45) is 1.98. The first-order valence-electron chi connectivity index (χ1n) is 9.75. The summed E-state index contributed by atoms with van der Waals surface area (Å²) in [5.41, 5.74) is 3.58. The number of H-pyrrole nitrogens is 2. The summed E-state index contributed by atoms with van der Waals surface area (Å²) < 4.78 is 5.27. The van der Waals surface area contributed by atoms with Crippen LogP contribution in [-0.4, -0.2) is 29.5 Å². The molecule has 152 valence electrons. The van der Waals surface area contributed by atoms with E-state index in [1.54, 1.807) is 26.2 Å². The number of aryl methyl sites for hydroxylation is 1. The van der Waals surface area contributed by atoms with Gasteiger partial charge in [-0.15, -0.1) is 0 Å². The Morgan fingerprint density at radius 2 is 1.83 bits per heavy atom. The number of fused-ring (bicyclic) bond motifs is 1. The number of hydrogen-bond donors (Lipinski definition) is 3. The highest BCUT2D eigenvalue weighted by atomic mass is 16.5. The number of aromatic nitrogens is 2. The van der Waals surface area contributed by atoms with Crippen LogP contribution >= 0.6 is 0 Å². The standard InChI is InChI=1S/C24H23N3O3/c1-15-7-12-19(24(29)27-15)23(28)26-13-20(16-8-10-17(30-2)11-9-16)21-14-25-22-6-4-3-5-18(21)22/h3-12,14,20,25H,13H2,1-2H3,(H,26,28)(H,27,29). The van der Waals surface area contributed by atoms with Gasteiger partial charge in [-0.2, -0.15) is 0 Å². The van der Waals surface area contributed by atoms with Gasteiger partial charge in [0.25, 0.3) is 11.5 Å². The molecule has 30 heavy (non-hydrogen) atoms. The average molecular weight is 401 g/mol. The van der Waals surface area contributed by atoms with E-state index >= 15 is 0 Å². The van der Waals surface area contributed by atoms with Gasteiger partial charge in [0, 0.05) is 35.3 Å². The van der Waals surface area contributed by atoms with Crippen molar-refractivity contribution in [2.24, 2.45) is 0 Å². The van der Waals surface area contributed by atoms with E-state index in [0.717, 1.165) is 27.8 Å². The van der Waals surface area contributed by atoms with E-state index in [1.807, 2.05) is 48.7 Å². The van der Waals surface area contributed by atoms with Gasteiger partial charge in [-0.25, -0.2) is 0 Å². The summed E-state index contributed by atoms with van der Waals surface area (Å²) in [6, 6.07) is 19.1. The molecule has 4 rings (SSSR count). The van der Waals surface area contributed by atoms with Crippen LogP contribution < -0.4 is 15.6 Å². The third-order valence-corrected chi connectivity index (χ3v) is 5.28. The molecular formula is C24H23N3O3. The van der Waals surface area contributed by atoms with E-state index in [9.17, 15) is 9.59 Å². The number of rotatable bonds is 6. The number of para-hydroxylation sites is 1. The molecule has 0 spiro atoms. The number of hydrogen-bond acceptors (Lipinski definition) is 3. The Kier molecular flexibility index (Phi) is 5.39. The fraction of sp³-hybridized carbons (Fsp3) is 0.167. The quantitative estimate of drug-likeness (QED) is 0.460. The van der Waals surface area contributed by atoms with Crippen molar-refractivity contribution in [1.29, 1.82) is 0 Å². The molecule has 0 bridgehead atoms. The SMILES string of the molecule is COc1ccc(C(CNC(=O)c2ccc(C)[nH]c2=O)c2c[nH]c3ccccc23)cc1. The third kappa shape index (κ3) is 3.85. The van der Waals surface area contributed by atoms with Crippen molar-refractivity contribution in [3.8, 4) is 5.75 Å². The van der Waals surface area contributed by atoms with Gasteiger partial charge in [0.1, 0.15) is 11.3 Å². The first-order chi connectivity index (χ1) is 14.6. The number of benzene rings is 2. The predicted octanol–water partition coefficient (Wildman–Crippen LogP) is 3.74. The molecule has 1 unspecified atom stereocenters. The molecule has 0 aliphatic rings. The van der Waals surface area contributed by atoms with Gasteiger partial charge in [-0.05, 0) is 48.4 Å². The Balaban J connectivity index is 1.66. The molecule has 1 amide bonds. The smallest absolute Gasteiger partial charge is 0.260 e. The normalized spacial score (nSPS) is 11.9. The highest BCUT2D eigenvalue weighted by molar-refractivity contribution is 5.94. The summed E-state index contributed by atoms with van der Waals surface area (Å²) in [4.78, 5) is 30.8. The second kappa shape index (κ2) is 8.29. The molecule has 0 fully saturated rings. The zero-order valence-corrected chi connectivity index (χ0v) is 16.9. The zero-order valence-electron chi connectivity index (χ0n) is 16.9. The fourth-order valence-electron chi connectivity index (χ4n) is 3.67. The van der Waals surface area contributed by atoms with Crippen molar-refractivity contribution in [1.82, 2.24) is 15.3 Å². The van der Waals surface area contributed by atoms with Crippen LogP contribution in [0.25, 0.3) is 10.9 Å². The largest absolute Gasteiger partial charge is 0.497 e. The van der Waals surface area contributed by atoms with Gasteiger partial charge in [0.05, 0.1) is 7.11 Å². The topological polar surface area (TPSA) is 87.0 Å². The molecule has 0 saturated heterocycles. The maximum Gasteiger partial charge on any atom is 0.260 e. The highest BCUT2D eigenvalue weighted by Gasteiger charge is 2.20. The minimum Gasteiger partial charge on any atom is -0.497 e. The first-order valence-corrected chi connectivity index (χ1v) is 9.75. The molecule has 6 heteroatoms. The molecule has 2 aromatic heterocycles. The van der Waals surface area contributed by atoms with Crippen molar-refractivity contribution in [3.05, 3.63) is 99.6 Å². The van der Waals surface area contributed by atoms with E-state index in [-0.39, 0.29) is 17.0 Å². The van der Waals surface area contributed by atoms with E-state index in [4.69, 9.17) is 4.74 Å². The number of methoxy groups -OCH3 is 1. The van der Waals surface area contributed by atoms with E-state index in [2.05, 4.69) is 21.4 Å². The lowest BCUT2D eigenvalue weighted by Gasteiger charge is -2.18. The highest BCUT2D eigenvalue weighted by Crippen LogP contribution is 2.31. The summed E-state index contributed by atoms with van der Waals surface area (Å²) in [6.45, 7) is 2.13. The number of carbonyl (C=O) groups excluding carboxylic acids is 1. The fourth-order valence-corrected chi connectivity index (χ4v) is 3.67. The zero-order chi connectivity index (χ0) is 21.1. The number of carbonyl (C=O) groups is 1. The lowest BCUT2D eigenvalue weighted by atomic mass is 9.90. The number of ether oxygens (including phenoxy) is 1. The molecule has 6 nitrogen and oxygen atoms in total. The summed E-state index contributed by atoms with van der Waals surface area (Å²) in [5.74, 6) is 0.279. The molecule has 2 heterocycles. The number of aromatic amines is 2. The Hall–Kier alpha value is -3.80. The molecule has 3 N–H and O–H groups in total. The Morgan fingerprint density at radius 3 is 2.57 bits per heavy atom. The first kappa shape index (κ1) is 19.5. The van der Waals surface area contributed by atoms with Crippen LogP contribution in [-0.2, 0) is 0 Å². The van der Waals surface area contributed by atoms with Crippen molar-refractivity contribution < 1.29 is 9.53 Å². The molecule has 1 atom stereocenters. The molecule has 0 aliphatic heterocycles. The molecule has 0 aliphatic carbocycles. The Morgan fingerprint density at radius 1 is 1.07 bits per heavy atom. The molecular weight excluding hydrogens is 378 g/mol. The van der Waals surface area contributed by atoms with Crippen LogP contribution in [0.5, 0.6) is 5.75 Å². The number of nitrogens with one attached hydrogen (secondary N) is 3. The van der Waals surface area contributed by atoms with E-state index in [0.29, 0.717) is 12.2 Å². The number of amides is 1. The van der Waals surface area contributed by atoms with Gasteiger partial charge in [0.15, 0.2) is 0 Å². The van der Waals surface area contributed by atoms with Gasteiger partial charge in [-0.1, -0.05) is 30.3 Å². The lowest BCUT2D eigenvalue weighted by molar-refractivity contribution is 0.0951. The summed E-state index contributed by atoms with van der Waals surface area (Å²) in [5, 5.41) is 4.03. The van der Waals surface area contributed by atoms with Gasteiger partial charge >= 0.3 is 0 Å². The van der Waals surface area contributed by atoms with Gasteiger partial charge in [-0.3, -0.25) is 9.59 Å². The number of pyridine rings is 1. The third-order valence-electron chi connectivity index (χ3n) is 5.28. The second-order valence-electron chi connectivity index (χ2n) is 7.21. The summed E-state index contributed by atoms with van der Waals surface area (Å²) >= 11 is 0. The minimum atomic E-state index is -0.394. The molecule has 4 aromatic rings. The minimum absolute atomic E-state index is 0.0967. The second-order valence-corrected chi connectivity index (χ2v) is 7.21. The van der Waals surface area contributed by atoms with Crippen LogP contribution in [0.15, 0.2) is 71.7 Å². The van der Waals surface area contributed by atoms with Crippen molar-refractivity contribution in [3.63, 3.8) is 0 Å². The van der Waals surface area contributed by atoms with Crippen LogP contribution in [0.2, 0.25) is 0 Å². The van der Waals surface area contributed by atoms with Gasteiger partial charge in [0.2, 0.25) is 0 Å². The van der Waals surface area contributed by atoms with Crippen molar-refractivity contribution in [2.75, 3.05) is 13.7 Å².